The first kappa shape index (κ1) is 80.7. The number of rotatable bonds is 51. The number of aliphatic imine (C=N–C) groups is 2. The van der Waals surface area contributed by atoms with Crippen molar-refractivity contribution in [3.05, 3.63) is 120 Å². The Balaban J connectivity index is 0.677. The summed E-state index contributed by atoms with van der Waals surface area (Å²) in [5.41, 5.74) is 6.41. The molecule has 0 aliphatic heterocycles. The highest BCUT2D eigenvalue weighted by Crippen LogP contribution is 2.67. The fourth-order valence-corrected chi connectivity index (χ4v) is 17.2. The zero-order valence-corrected chi connectivity index (χ0v) is 64.1. The average molecular weight is 1390 g/mol. The third-order valence-corrected chi connectivity index (χ3v) is 23.4. The predicted octanol–water partition coefficient (Wildman–Crippen LogP) is 24.3. The van der Waals surface area contributed by atoms with Gasteiger partial charge < -0.3 is 33.2 Å². The summed E-state index contributed by atoms with van der Waals surface area (Å²) in [7, 11) is 0. The number of esters is 2. The van der Waals surface area contributed by atoms with Gasteiger partial charge in [-0.25, -0.2) is 0 Å². The number of nitrogens with zero attached hydrogens (tertiary/aromatic N) is 2. The van der Waals surface area contributed by atoms with E-state index in [0.717, 1.165) is 236 Å². The molecule has 3 saturated carbocycles. The summed E-state index contributed by atoms with van der Waals surface area (Å²) < 4.78 is 42.0. The van der Waals surface area contributed by atoms with Crippen LogP contribution in [0.2, 0.25) is 0 Å². The Morgan fingerprint density at radius 1 is 0.455 bits per heavy atom. The molecule has 0 bridgehead atoms. The number of hydrogen-bond acceptors (Lipinski definition) is 11. The highest BCUT2D eigenvalue weighted by atomic mass is 16.6. The molecule has 0 heterocycles. The molecule has 4 aliphatic rings. The first-order chi connectivity index (χ1) is 49.3. The van der Waals surface area contributed by atoms with Crippen molar-refractivity contribution in [2.75, 3.05) is 46.2 Å². The van der Waals surface area contributed by atoms with Gasteiger partial charge in [-0.15, -0.1) is 0 Å². The van der Waals surface area contributed by atoms with Crippen LogP contribution in [-0.2, 0) is 23.8 Å². The van der Waals surface area contributed by atoms with Gasteiger partial charge in [-0.2, -0.15) is 0 Å². The molecule has 0 radical (unpaired) electrons. The average Bonchev–Trinajstić information content (AvgIpc) is 1.68. The molecule has 4 aromatic carbocycles. The first-order valence-electron chi connectivity index (χ1n) is 41.0. The monoisotopic (exact) mass is 1390 g/mol. The van der Waals surface area contributed by atoms with Crippen molar-refractivity contribution in [2.45, 2.75) is 286 Å². The van der Waals surface area contributed by atoms with Gasteiger partial charge >= 0.3 is 11.9 Å². The van der Waals surface area contributed by atoms with Crippen LogP contribution in [-0.4, -0.2) is 76.7 Å². The molecule has 8 atom stereocenters. The van der Waals surface area contributed by atoms with Gasteiger partial charge in [-0.1, -0.05) is 189 Å². The molecule has 8 rings (SSSR count). The van der Waals surface area contributed by atoms with E-state index in [4.69, 9.17) is 33.2 Å². The SMILES string of the molecule is CCCCOc1ccc(N=Cc2ccc(OCCCCCCCCCCOC(=O)C(CCCCCCO[C@H]3CC[C@@]4(C)C(=CC[C@H]5[C@@H]6CC[C@H]([C@H](C)CCCC(C)C)[C@@]6(C)CC[C@@H]54)C3)C(=O)OCCCCCCCCCCOc3ccc(C=Nc4ccc(OCCCC)cc4)cc3)cc2)cc1. The van der Waals surface area contributed by atoms with Crippen LogP contribution in [0.25, 0.3) is 0 Å². The first-order valence-corrected chi connectivity index (χ1v) is 41.0. The number of unbranched alkanes of at least 4 members (excludes halogenated alkanes) is 19. The smallest absolute Gasteiger partial charge is 0.320 e. The minimum Gasteiger partial charge on any atom is -0.494 e. The Morgan fingerprint density at radius 2 is 0.891 bits per heavy atom. The number of benzene rings is 4. The lowest BCUT2D eigenvalue weighted by Gasteiger charge is -2.58. The largest absolute Gasteiger partial charge is 0.494 e. The van der Waals surface area contributed by atoms with Crippen molar-refractivity contribution >= 4 is 35.7 Å². The van der Waals surface area contributed by atoms with Gasteiger partial charge in [-0.05, 0) is 257 Å². The molecule has 11 heteroatoms. The number of hydrogen-bond donors (Lipinski definition) is 0. The summed E-state index contributed by atoms with van der Waals surface area (Å²) in [6, 6.07) is 32.0. The van der Waals surface area contributed by atoms with Crippen LogP contribution in [0.4, 0.5) is 11.4 Å². The molecule has 558 valence electrons. The lowest BCUT2D eigenvalue weighted by molar-refractivity contribution is -0.162. The fourth-order valence-electron chi connectivity index (χ4n) is 17.2. The van der Waals surface area contributed by atoms with E-state index in [1.165, 1.54) is 89.9 Å². The van der Waals surface area contributed by atoms with Gasteiger partial charge in [0.1, 0.15) is 23.0 Å². The second-order valence-electron chi connectivity index (χ2n) is 31.5. The van der Waals surface area contributed by atoms with E-state index in [-0.39, 0.29) is 0 Å². The highest BCUT2D eigenvalue weighted by Gasteiger charge is 2.59. The van der Waals surface area contributed by atoms with Crippen LogP contribution in [0, 0.1) is 52.3 Å². The van der Waals surface area contributed by atoms with Crippen molar-refractivity contribution in [1.82, 2.24) is 0 Å². The van der Waals surface area contributed by atoms with Gasteiger partial charge in [0.25, 0.3) is 0 Å². The second-order valence-corrected chi connectivity index (χ2v) is 31.5. The number of carbonyl (C=O) groups excluding carboxylic acids is 2. The molecule has 4 aromatic rings. The molecule has 0 amide bonds. The highest BCUT2D eigenvalue weighted by molar-refractivity contribution is 5.94. The maximum absolute atomic E-state index is 13.7. The minimum atomic E-state index is -0.872. The molecule has 0 spiro atoms. The quantitative estimate of drug-likeness (QED) is 0.0140. The summed E-state index contributed by atoms with van der Waals surface area (Å²) in [6.07, 6.45) is 47.2. The minimum absolute atomic E-state index is 0.313. The van der Waals surface area contributed by atoms with Crippen molar-refractivity contribution < 1.29 is 42.7 Å². The van der Waals surface area contributed by atoms with Crippen LogP contribution >= 0.6 is 0 Å². The van der Waals surface area contributed by atoms with E-state index in [1.807, 2.05) is 109 Å². The summed E-state index contributed by atoms with van der Waals surface area (Å²) in [5.74, 6) is 6.94. The van der Waals surface area contributed by atoms with Crippen molar-refractivity contribution in [1.29, 1.82) is 0 Å². The lowest BCUT2D eigenvalue weighted by atomic mass is 9.47. The standard InChI is InChI=1S/C90H134N2O9/c1-8-10-60-95-79-49-41-75(42-50-79)91-68-72-36-45-77(46-37-72)97-62-27-21-16-12-14-18-23-30-65-100-87(93)83(88(94)101-66-31-24-19-15-13-17-22-28-63-98-78-47-38-73(39-48-78)69-92-76-43-51-80(52-44-76)96-61-11-9-2)35-26-20-25-29-64-99-81-56-58-89(6)74(67-81)40-53-82-85-55-54-84(71(5)34-32-33-70(3)4)90(85,7)59-57-86(82)89/h36-52,68-71,81-86H,8-35,53-67H2,1-7H3/t71-,81+,82+,83?,84-,85+,86+,89+,90-/m1/s1. The molecular weight excluding hydrogens is 1250 g/mol. The Morgan fingerprint density at radius 3 is 1.37 bits per heavy atom. The number of carbonyl (C=O) groups is 2. The van der Waals surface area contributed by atoms with Gasteiger partial charge in [0.2, 0.25) is 0 Å². The molecule has 101 heavy (non-hydrogen) atoms. The van der Waals surface area contributed by atoms with Crippen LogP contribution in [0.5, 0.6) is 23.0 Å². The van der Waals surface area contributed by atoms with Crippen LogP contribution in [0.1, 0.15) is 291 Å². The lowest BCUT2D eigenvalue weighted by Crippen LogP contribution is -2.51. The molecule has 4 aliphatic carbocycles. The van der Waals surface area contributed by atoms with Crippen molar-refractivity contribution in [2.24, 2.45) is 62.2 Å². The molecule has 11 nitrogen and oxygen atoms in total. The maximum Gasteiger partial charge on any atom is 0.320 e. The van der Waals surface area contributed by atoms with Gasteiger partial charge in [0.15, 0.2) is 5.92 Å². The van der Waals surface area contributed by atoms with E-state index < -0.39 is 17.9 Å². The number of allylic oxidation sites excluding steroid dienone is 1. The van der Waals surface area contributed by atoms with Crippen molar-refractivity contribution in [3.63, 3.8) is 0 Å². The zero-order valence-electron chi connectivity index (χ0n) is 64.1. The van der Waals surface area contributed by atoms with Crippen molar-refractivity contribution in [3.8, 4) is 23.0 Å². The normalized spacial score (nSPS) is 21.6. The van der Waals surface area contributed by atoms with Crippen LogP contribution in [0.15, 0.2) is 119 Å². The predicted molar refractivity (Wildman–Crippen MR) is 417 cm³/mol. The molecule has 0 aromatic heterocycles. The second kappa shape index (κ2) is 45.3. The third kappa shape index (κ3) is 27.6. The summed E-state index contributed by atoms with van der Waals surface area (Å²) in [4.78, 5) is 36.5. The van der Waals surface area contributed by atoms with Crippen LogP contribution in [0.3, 0.4) is 0 Å². The van der Waals surface area contributed by atoms with E-state index >= 15 is 0 Å². The Labute approximate surface area is 612 Å². The Hall–Kier alpha value is -5.94. The molecule has 3 fully saturated rings. The number of ether oxygens (including phenoxy) is 7. The van der Waals surface area contributed by atoms with Gasteiger partial charge in [-0.3, -0.25) is 19.6 Å². The van der Waals surface area contributed by atoms with E-state index in [9.17, 15) is 9.59 Å². The Bertz CT molecular complexity index is 2870. The maximum atomic E-state index is 13.7. The molecule has 0 N–H and O–H groups in total. The topological polar surface area (TPSA) is 123 Å². The number of fused-ring (bicyclic) bond motifs is 5. The van der Waals surface area contributed by atoms with E-state index in [1.54, 1.807) is 5.57 Å². The summed E-state index contributed by atoms with van der Waals surface area (Å²) in [6.45, 7) is 21.4. The van der Waals surface area contributed by atoms with E-state index in [0.29, 0.717) is 49.8 Å². The van der Waals surface area contributed by atoms with Crippen LogP contribution < -0.4 is 18.9 Å². The molecule has 0 saturated heterocycles. The summed E-state index contributed by atoms with van der Waals surface area (Å²) in [5, 5.41) is 0. The zero-order chi connectivity index (χ0) is 71.2. The van der Waals surface area contributed by atoms with Gasteiger partial charge in [0.05, 0.1) is 57.1 Å². The summed E-state index contributed by atoms with van der Waals surface area (Å²) >= 11 is 0. The fraction of sp³-hybridized carbons (Fsp3) is 0.667. The Kier molecular flexibility index (Phi) is 36.2. The molecular formula is C90H134N2O9. The van der Waals surface area contributed by atoms with Gasteiger partial charge in [0, 0.05) is 19.0 Å². The third-order valence-electron chi connectivity index (χ3n) is 23.4. The van der Waals surface area contributed by atoms with E-state index in [2.05, 4.69) is 64.5 Å². The molecule has 0 unspecified atom stereocenters.